The van der Waals surface area contributed by atoms with E-state index in [2.05, 4.69) is 15.2 Å². The fourth-order valence-corrected chi connectivity index (χ4v) is 3.28. The van der Waals surface area contributed by atoms with E-state index in [4.69, 9.17) is 9.47 Å². The molecule has 4 rings (SSSR count). The van der Waals surface area contributed by atoms with Gasteiger partial charge in [-0.25, -0.2) is 8.78 Å². The Kier molecular flexibility index (Phi) is 6.78. The highest BCUT2D eigenvalue weighted by atomic mass is 19.3. The number of hydrogen-bond acceptors (Lipinski definition) is 5. The number of alkyl halides is 2. The van der Waals surface area contributed by atoms with E-state index in [1.54, 1.807) is 6.07 Å². The maximum Gasteiger partial charge on any atom is 0.387 e. The second-order valence-corrected chi connectivity index (χ2v) is 7.15. The van der Waals surface area contributed by atoms with Crippen LogP contribution < -0.4 is 14.8 Å². The number of ether oxygens (including phenoxy) is 3. The molecule has 2 aromatic carbocycles. The van der Waals surface area contributed by atoms with Gasteiger partial charge in [-0.1, -0.05) is 6.07 Å². The zero-order valence-electron chi connectivity index (χ0n) is 17.1. The van der Waals surface area contributed by atoms with Crippen molar-refractivity contribution in [3.63, 3.8) is 0 Å². The lowest BCUT2D eigenvalue weighted by Crippen LogP contribution is -2.20. The second kappa shape index (κ2) is 9.90. The summed E-state index contributed by atoms with van der Waals surface area (Å²) in [5.41, 5.74) is 0.679. The van der Waals surface area contributed by atoms with Crippen LogP contribution in [0.25, 0.3) is 11.3 Å². The molecule has 174 valence electrons. The zero-order chi connectivity index (χ0) is 23.4. The van der Waals surface area contributed by atoms with Gasteiger partial charge in [-0.05, 0) is 42.8 Å². The van der Waals surface area contributed by atoms with Crippen molar-refractivity contribution in [3.05, 3.63) is 60.3 Å². The Bertz CT molecular complexity index is 1130. The Morgan fingerprint density at radius 1 is 1.21 bits per heavy atom. The second-order valence-electron chi connectivity index (χ2n) is 7.15. The molecule has 33 heavy (non-hydrogen) atoms. The molecule has 0 unspecified atom stereocenters. The number of halogens is 4. The minimum absolute atomic E-state index is 0.0774. The van der Waals surface area contributed by atoms with Gasteiger partial charge in [0.2, 0.25) is 5.91 Å². The summed E-state index contributed by atoms with van der Waals surface area (Å²) < 4.78 is 69.4. The van der Waals surface area contributed by atoms with Gasteiger partial charge in [0.05, 0.1) is 18.0 Å². The van der Waals surface area contributed by atoms with Gasteiger partial charge in [0.15, 0.2) is 29.4 Å². The quantitative estimate of drug-likeness (QED) is 0.493. The number of anilines is 1. The maximum absolute atomic E-state index is 13.7. The van der Waals surface area contributed by atoms with Gasteiger partial charge in [0, 0.05) is 18.2 Å². The molecule has 1 N–H and O–H groups in total. The summed E-state index contributed by atoms with van der Waals surface area (Å²) in [5, 5.41) is 6.57. The first-order valence-electron chi connectivity index (χ1n) is 10.0. The van der Waals surface area contributed by atoms with Gasteiger partial charge < -0.3 is 19.5 Å². The molecule has 3 aromatic rings. The molecule has 0 bridgehead atoms. The van der Waals surface area contributed by atoms with Crippen LogP contribution in [0.5, 0.6) is 11.5 Å². The molecule has 0 radical (unpaired) electrons. The van der Waals surface area contributed by atoms with Gasteiger partial charge in [-0.2, -0.15) is 13.9 Å². The van der Waals surface area contributed by atoms with Crippen molar-refractivity contribution in [2.45, 2.75) is 32.3 Å². The summed E-state index contributed by atoms with van der Waals surface area (Å²) in [6.07, 6.45) is 2.36. The Morgan fingerprint density at radius 3 is 2.82 bits per heavy atom. The highest BCUT2D eigenvalue weighted by Crippen LogP contribution is 2.35. The molecule has 11 heteroatoms. The molecule has 1 amide bonds. The molecule has 7 nitrogen and oxygen atoms in total. The topological polar surface area (TPSA) is 74.6 Å². The number of nitrogens with zero attached hydrogens (tertiary/aromatic N) is 2. The first-order valence-corrected chi connectivity index (χ1v) is 10.0. The average molecular weight is 465 g/mol. The molecular formula is C22H19F4N3O4. The van der Waals surface area contributed by atoms with Crippen molar-refractivity contribution >= 4 is 11.6 Å². The van der Waals surface area contributed by atoms with Crippen molar-refractivity contribution < 1.29 is 36.6 Å². The number of rotatable bonds is 8. The lowest BCUT2D eigenvalue weighted by molar-refractivity contribution is -0.116. The Hall–Kier alpha value is -3.60. The van der Waals surface area contributed by atoms with Crippen LogP contribution in [0, 0.1) is 11.6 Å². The van der Waals surface area contributed by atoms with Crippen LogP contribution in [0.4, 0.5) is 23.2 Å². The predicted molar refractivity (Wildman–Crippen MR) is 109 cm³/mol. The summed E-state index contributed by atoms with van der Waals surface area (Å²) in [7, 11) is 0. The van der Waals surface area contributed by atoms with E-state index in [9.17, 15) is 22.4 Å². The third-order valence-corrected chi connectivity index (χ3v) is 4.77. The number of aromatic nitrogens is 2. The lowest BCUT2D eigenvalue weighted by atomic mass is 10.1. The third-order valence-electron chi connectivity index (χ3n) is 4.77. The highest BCUT2D eigenvalue weighted by Gasteiger charge is 2.21. The van der Waals surface area contributed by atoms with Gasteiger partial charge >= 0.3 is 6.61 Å². The molecule has 1 atom stereocenters. The number of carbonyl (C=O) groups is 1. The van der Waals surface area contributed by atoms with Crippen molar-refractivity contribution in [2.75, 3.05) is 11.9 Å². The van der Waals surface area contributed by atoms with E-state index in [-0.39, 0.29) is 23.7 Å². The van der Waals surface area contributed by atoms with Crippen LogP contribution in [0.2, 0.25) is 0 Å². The fourth-order valence-electron chi connectivity index (χ4n) is 3.28. The molecule has 0 aliphatic carbocycles. The van der Waals surface area contributed by atoms with Crippen LogP contribution in [-0.2, 0) is 16.1 Å². The van der Waals surface area contributed by atoms with Crippen molar-refractivity contribution in [1.82, 2.24) is 9.78 Å². The summed E-state index contributed by atoms with van der Waals surface area (Å²) in [6, 6.07) is 9.42. The molecule has 0 saturated carbocycles. The fraction of sp³-hybridized carbons (Fsp3) is 0.273. The van der Waals surface area contributed by atoms with Crippen molar-refractivity contribution in [3.8, 4) is 22.8 Å². The minimum Gasteiger partial charge on any atom is -0.461 e. The third kappa shape index (κ3) is 5.61. The molecule has 1 aromatic heterocycles. The Balaban J connectivity index is 1.48. The predicted octanol–water partition coefficient (Wildman–Crippen LogP) is 4.58. The van der Waals surface area contributed by atoms with E-state index < -0.39 is 30.4 Å². The zero-order valence-corrected chi connectivity index (χ0v) is 17.1. The van der Waals surface area contributed by atoms with Crippen LogP contribution in [0.15, 0.2) is 48.7 Å². The molecule has 0 spiro atoms. The Morgan fingerprint density at radius 2 is 2.06 bits per heavy atom. The summed E-state index contributed by atoms with van der Waals surface area (Å²) >= 11 is 0. The average Bonchev–Trinajstić information content (AvgIpc) is 3.44. The smallest absolute Gasteiger partial charge is 0.387 e. The van der Waals surface area contributed by atoms with Crippen molar-refractivity contribution in [2.24, 2.45) is 0 Å². The van der Waals surface area contributed by atoms with E-state index in [1.807, 2.05) is 0 Å². The van der Waals surface area contributed by atoms with Gasteiger partial charge in [-0.15, -0.1) is 0 Å². The molecule has 2 heterocycles. The van der Waals surface area contributed by atoms with Crippen molar-refractivity contribution in [1.29, 1.82) is 0 Å². The highest BCUT2D eigenvalue weighted by molar-refractivity contribution is 5.90. The maximum atomic E-state index is 13.7. The molecule has 1 aliphatic heterocycles. The Labute approximate surface area is 185 Å². The van der Waals surface area contributed by atoms with Gasteiger partial charge in [0.1, 0.15) is 6.54 Å². The number of hydrogen-bond donors (Lipinski definition) is 1. The number of benzene rings is 2. The van der Waals surface area contributed by atoms with E-state index in [1.165, 1.54) is 41.2 Å². The normalized spacial score (nSPS) is 15.6. The first-order chi connectivity index (χ1) is 15.9. The van der Waals surface area contributed by atoms with Crippen LogP contribution in [0.1, 0.15) is 12.8 Å². The summed E-state index contributed by atoms with van der Waals surface area (Å²) in [4.78, 5) is 12.2. The van der Waals surface area contributed by atoms with Crippen LogP contribution >= 0.6 is 0 Å². The largest absolute Gasteiger partial charge is 0.461 e. The van der Waals surface area contributed by atoms with E-state index >= 15 is 0 Å². The summed E-state index contributed by atoms with van der Waals surface area (Å²) in [5.74, 6) is -2.91. The number of nitrogens with one attached hydrogen (secondary N) is 1. The molecule has 1 saturated heterocycles. The standard InChI is InChI=1S/C22H19F4N3O4/c23-14-3-1-4-16(21(14)24)27-19(30)12-29-9-8-15(28-29)13-6-7-17(33-22(25)26)18(11-13)32-20-5-2-10-31-20/h1,3-4,6-9,11,20,22H,2,5,10,12H2,(H,27,30)/t20-/m0/s1. The number of carbonyl (C=O) groups excluding carboxylic acids is 1. The molecule has 1 aliphatic rings. The minimum atomic E-state index is -3.02. The first kappa shape index (κ1) is 22.6. The van der Waals surface area contributed by atoms with E-state index in [0.29, 0.717) is 24.3 Å². The monoisotopic (exact) mass is 465 g/mol. The van der Waals surface area contributed by atoms with Crippen LogP contribution in [-0.4, -0.2) is 35.2 Å². The SMILES string of the molecule is O=C(Cn1ccc(-c2ccc(OC(F)F)c(O[C@H]3CCCO3)c2)n1)Nc1cccc(F)c1F. The molecule has 1 fully saturated rings. The lowest BCUT2D eigenvalue weighted by Gasteiger charge is -2.17. The number of amides is 1. The van der Waals surface area contributed by atoms with E-state index in [0.717, 1.165) is 12.5 Å². The summed E-state index contributed by atoms with van der Waals surface area (Å²) in [6.45, 7) is -2.77. The van der Waals surface area contributed by atoms with Gasteiger partial charge in [0.25, 0.3) is 0 Å². The van der Waals surface area contributed by atoms with Gasteiger partial charge in [-0.3, -0.25) is 9.48 Å². The molecular weight excluding hydrogens is 446 g/mol. The van der Waals surface area contributed by atoms with Crippen LogP contribution in [0.3, 0.4) is 0 Å².